The van der Waals surface area contributed by atoms with Gasteiger partial charge in [-0.15, -0.1) is 0 Å². The van der Waals surface area contributed by atoms with Crippen molar-refractivity contribution in [2.75, 3.05) is 0 Å². The van der Waals surface area contributed by atoms with Crippen LogP contribution in [0.2, 0.25) is 5.02 Å². The zero-order valence-corrected chi connectivity index (χ0v) is 19.3. The number of carbonyl (C=O) groups excluding carboxylic acids is 1. The molecule has 0 saturated heterocycles. The van der Waals surface area contributed by atoms with Crippen molar-refractivity contribution in [3.63, 3.8) is 0 Å². The van der Waals surface area contributed by atoms with Gasteiger partial charge in [-0.2, -0.15) is 0 Å². The number of hydrogen-bond donors (Lipinski definition) is 1. The molecule has 164 valence electrons. The molecule has 3 aromatic rings. The minimum absolute atomic E-state index is 0.163. The predicted molar refractivity (Wildman–Crippen MR) is 129 cm³/mol. The highest BCUT2D eigenvalue weighted by atomic mass is 35.5. The summed E-state index contributed by atoms with van der Waals surface area (Å²) in [6.45, 7) is 1.96. The summed E-state index contributed by atoms with van der Waals surface area (Å²) < 4.78 is 12.0. The summed E-state index contributed by atoms with van der Waals surface area (Å²) in [4.78, 5) is 18.0. The van der Waals surface area contributed by atoms with Crippen LogP contribution in [0.15, 0.2) is 42.6 Å². The van der Waals surface area contributed by atoms with E-state index < -0.39 is 0 Å². The Morgan fingerprint density at radius 2 is 2.12 bits per heavy atom. The van der Waals surface area contributed by atoms with E-state index in [-0.39, 0.29) is 12.1 Å². The Morgan fingerprint density at radius 1 is 1.28 bits per heavy atom. The van der Waals surface area contributed by atoms with Crippen LogP contribution in [-0.2, 0) is 6.42 Å². The Bertz CT molecular complexity index is 1230. The maximum absolute atomic E-state index is 12.5. The second-order valence-corrected chi connectivity index (χ2v) is 9.37. The minimum atomic E-state index is -0.329. The van der Waals surface area contributed by atoms with E-state index in [9.17, 15) is 4.79 Å². The van der Waals surface area contributed by atoms with Crippen LogP contribution in [0.1, 0.15) is 48.5 Å². The lowest BCUT2D eigenvalue weighted by molar-refractivity contribution is 0.0751. The highest BCUT2D eigenvalue weighted by molar-refractivity contribution is 7.80. The average molecular weight is 467 g/mol. The smallest absolute Gasteiger partial charge is 0.257 e. The van der Waals surface area contributed by atoms with Gasteiger partial charge in [-0.25, -0.2) is 0 Å². The van der Waals surface area contributed by atoms with Crippen molar-refractivity contribution in [2.45, 2.75) is 45.3 Å². The molecule has 0 radical (unpaired) electrons. The molecule has 1 unspecified atom stereocenters. The summed E-state index contributed by atoms with van der Waals surface area (Å²) in [7, 11) is 0. The number of fused-ring (bicyclic) bond motifs is 2. The van der Waals surface area contributed by atoms with Crippen LogP contribution >= 0.6 is 23.8 Å². The van der Waals surface area contributed by atoms with Crippen LogP contribution in [0.25, 0.3) is 10.9 Å². The molecule has 2 aliphatic rings. The molecular weight excluding hydrogens is 444 g/mol. The summed E-state index contributed by atoms with van der Waals surface area (Å²) in [5, 5.41) is 4.21. The third kappa shape index (κ3) is 4.43. The number of nitrogens with one attached hydrogen (secondary N) is 1. The lowest BCUT2D eigenvalue weighted by Crippen LogP contribution is -2.42. The Balaban J connectivity index is 1.40. The van der Waals surface area contributed by atoms with Crippen molar-refractivity contribution in [3.05, 3.63) is 58.7 Å². The number of aromatic nitrogens is 1. The molecule has 1 fully saturated rings. The van der Waals surface area contributed by atoms with Crippen LogP contribution in [0.5, 0.6) is 17.2 Å². The zero-order chi connectivity index (χ0) is 22.2. The van der Waals surface area contributed by atoms with Crippen LogP contribution in [0.3, 0.4) is 0 Å². The van der Waals surface area contributed by atoms with Gasteiger partial charge >= 0.3 is 0 Å². The van der Waals surface area contributed by atoms with Crippen LogP contribution in [0.4, 0.5) is 0 Å². The van der Waals surface area contributed by atoms with Gasteiger partial charge in [0.1, 0.15) is 17.2 Å². The SMILES string of the molecule is CCC1NC(=O)c2cc3c(Oc4ccc(CC(=S)CC5CC5)c(Cl)c4)ccnc3cc2O1. The lowest BCUT2D eigenvalue weighted by atomic mass is 10.1. The zero-order valence-electron chi connectivity index (χ0n) is 17.7. The van der Waals surface area contributed by atoms with E-state index in [1.54, 1.807) is 24.4 Å². The summed E-state index contributed by atoms with van der Waals surface area (Å²) in [6.07, 6.45) is 6.33. The molecule has 0 spiro atoms. The fraction of sp³-hybridized carbons (Fsp3) is 0.320. The number of ether oxygens (including phenoxy) is 2. The number of rotatable bonds is 7. The predicted octanol–water partition coefficient (Wildman–Crippen LogP) is 6.25. The molecule has 1 saturated carbocycles. The number of halogens is 1. The highest BCUT2D eigenvalue weighted by Gasteiger charge is 2.26. The number of hydrogen-bond acceptors (Lipinski definition) is 5. The number of amides is 1. The molecule has 1 atom stereocenters. The van der Waals surface area contributed by atoms with Crippen LogP contribution in [-0.4, -0.2) is 22.0 Å². The van der Waals surface area contributed by atoms with Gasteiger partial charge in [0.05, 0.1) is 11.1 Å². The van der Waals surface area contributed by atoms with E-state index in [0.717, 1.165) is 28.2 Å². The van der Waals surface area contributed by atoms with Crippen molar-refractivity contribution in [1.82, 2.24) is 10.3 Å². The Labute approximate surface area is 197 Å². The topological polar surface area (TPSA) is 60.5 Å². The molecule has 2 heterocycles. The maximum Gasteiger partial charge on any atom is 0.257 e. The number of thiocarbonyl (C=S) groups is 1. The van der Waals surface area contributed by atoms with Crippen molar-refractivity contribution in [3.8, 4) is 17.2 Å². The van der Waals surface area contributed by atoms with Crippen molar-refractivity contribution >= 4 is 45.5 Å². The molecule has 1 aliphatic carbocycles. The van der Waals surface area contributed by atoms with Gasteiger partial charge in [0.15, 0.2) is 6.23 Å². The van der Waals surface area contributed by atoms with Gasteiger partial charge in [-0.1, -0.05) is 36.8 Å². The van der Waals surface area contributed by atoms with Gasteiger partial charge in [0.2, 0.25) is 0 Å². The first-order chi connectivity index (χ1) is 15.5. The van der Waals surface area contributed by atoms with E-state index in [1.165, 1.54) is 12.8 Å². The second kappa shape index (κ2) is 8.68. The van der Waals surface area contributed by atoms with Crippen molar-refractivity contribution < 1.29 is 14.3 Å². The van der Waals surface area contributed by atoms with E-state index >= 15 is 0 Å². The first-order valence-electron chi connectivity index (χ1n) is 10.9. The molecular formula is C25H23ClN2O3S. The fourth-order valence-electron chi connectivity index (χ4n) is 3.89. The molecule has 32 heavy (non-hydrogen) atoms. The van der Waals surface area contributed by atoms with Gasteiger partial charge in [-0.05, 0) is 59.9 Å². The van der Waals surface area contributed by atoms with Gasteiger partial charge in [0.25, 0.3) is 5.91 Å². The first kappa shape index (κ1) is 21.2. The largest absolute Gasteiger partial charge is 0.470 e. The number of pyridine rings is 1. The number of benzene rings is 2. The third-order valence-corrected chi connectivity index (χ3v) is 6.50. The summed E-state index contributed by atoms with van der Waals surface area (Å²) >= 11 is 12.1. The highest BCUT2D eigenvalue weighted by Crippen LogP contribution is 2.37. The van der Waals surface area contributed by atoms with Gasteiger partial charge in [-0.3, -0.25) is 9.78 Å². The molecule has 1 aliphatic heterocycles. The molecule has 1 N–H and O–H groups in total. The van der Waals surface area contributed by atoms with Gasteiger partial charge < -0.3 is 14.8 Å². The van der Waals surface area contributed by atoms with Crippen molar-refractivity contribution in [1.29, 1.82) is 0 Å². The summed E-state index contributed by atoms with van der Waals surface area (Å²) in [5.74, 6) is 2.35. The number of nitrogens with zero attached hydrogens (tertiary/aromatic N) is 1. The van der Waals surface area contributed by atoms with E-state index in [0.29, 0.717) is 46.2 Å². The van der Waals surface area contributed by atoms with Crippen LogP contribution in [0, 0.1) is 5.92 Å². The molecule has 7 heteroatoms. The Morgan fingerprint density at radius 3 is 2.88 bits per heavy atom. The summed E-state index contributed by atoms with van der Waals surface area (Å²) in [6, 6.07) is 11.0. The van der Waals surface area contributed by atoms with E-state index in [1.807, 2.05) is 25.1 Å². The third-order valence-electron chi connectivity index (χ3n) is 5.83. The Hall–Kier alpha value is -2.70. The molecule has 2 aromatic carbocycles. The standard InChI is InChI=1S/C25H23ClN2O3S/c1-2-24-28-25(29)19-12-18-21(13-23(19)31-24)27-8-7-22(18)30-16-6-5-15(20(26)11-16)10-17(32)9-14-3-4-14/h5-8,11-14,24H,2-4,9-10H2,1H3,(H,28,29). The summed E-state index contributed by atoms with van der Waals surface area (Å²) in [5.41, 5.74) is 2.18. The molecule has 1 aromatic heterocycles. The van der Waals surface area contributed by atoms with E-state index in [4.69, 9.17) is 33.3 Å². The molecule has 5 nitrogen and oxygen atoms in total. The minimum Gasteiger partial charge on any atom is -0.470 e. The van der Waals surface area contributed by atoms with Gasteiger partial charge in [0, 0.05) is 35.5 Å². The quantitative estimate of drug-likeness (QED) is 0.417. The molecule has 5 rings (SSSR count). The second-order valence-electron chi connectivity index (χ2n) is 8.38. The average Bonchev–Trinajstić information content (AvgIpc) is 3.58. The monoisotopic (exact) mass is 466 g/mol. The van der Waals surface area contributed by atoms with Crippen LogP contribution < -0.4 is 14.8 Å². The molecule has 0 bridgehead atoms. The molecule has 1 amide bonds. The first-order valence-corrected chi connectivity index (χ1v) is 11.7. The maximum atomic E-state index is 12.5. The normalized spacial score (nSPS) is 17.4. The van der Waals surface area contributed by atoms with E-state index in [2.05, 4.69) is 10.3 Å². The fourth-order valence-corrected chi connectivity index (χ4v) is 4.52. The van der Waals surface area contributed by atoms with Crippen molar-refractivity contribution in [2.24, 2.45) is 5.92 Å². The Kier molecular flexibility index (Phi) is 5.74. The lowest BCUT2D eigenvalue weighted by Gasteiger charge is -2.26. The number of carbonyl (C=O) groups is 1.